The molecule has 126 valence electrons. The molecule has 0 unspecified atom stereocenters. The fourth-order valence-corrected chi connectivity index (χ4v) is 3.84. The van der Waals surface area contributed by atoms with Gasteiger partial charge in [0.15, 0.2) is 5.76 Å². The highest BCUT2D eigenvalue weighted by Crippen LogP contribution is 2.37. The molecule has 4 rings (SSSR count). The van der Waals surface area contributed by atoms with E-state index in [2.05, 4.69) is 5.10 Å². The van der Waals surface area contributed by atoms with Crippen molar-refractivity contribution in [3.63, 3.8) is 0 Å². The number of hydrazone groups is 1. The predicted octanol–water partition coefficient (Wildman–Crippen LogP) is 4.78. The number of hydrogen-bond donors (Lipinski definition) is 0. The number of aryl methyl sites for hydroxylation is 1. The van der Waals surface area contributed by atoms with E-state index in [0.717, 1.165) is 16.2 Å². The second-order valence-corrected chi connectivity index (χ2v) is 7.17. The van der Waals surface area contributed by atoms with Crippen LogP contribution in [0.2, 0.25) is 0 Å². The smallest absolute Gasteiger partial charge is 0.310 e. The van der Waals surface area contributed by atoms with Crippen molar-refractivity contribution in [3.05, 3.63) is 81.7 Å². The van der Waals surface area contributed by atoms with Crippen LogP contribution in [0.4, 0.5) is 4.39 Å². The van der Waals surface area contributed by atoms with Crippen molar-refractivity contribution >= 4 is 23.0 Å². The third kappa shape index (κ3) is 3.00. The molecule has 1 atom stereocenters. The number of hydrogen-bond acceptors (Lipinski definition) is 4. The molecule has 2 aromatic heterocycles. The van der Waals surface area contributed by atoms with Crippen molar-refractivity contribution in [2.24, 2.45) is 5.10 Å². The molecule has 3 aromatic rings. The zero-order valence-corrected chi connectivity index (χ0v) is 14.3. The molecule has 0 bridgehead atoms. The van der Waals surface area contributed by atoms with Crippen molar-refractivity contribution < 1.29 is 13.6 Å². The summed E-state index contributed by atoms with van der Waals surface area (Å²) in [4.78, 5) is 15.0. The number of benzene rings is 1. The van der Waals surface area contributed by atoms with Gasteiger partial charge in [0.2, 0.25) is 0 Å². The Morgan fingerprint density at radius 2 is 2.04 bits per heavy atom. The molecule has 0 spiro atoms. The average molecular weight is 354 g/mol. The van der Waals surface area contributed by atoms with Gasteiger partial charge in [-0.1, -0.05) is 12.1 Å². The molecule has 3 heterocycles. The minimum atomic E-state index is -0.295. The second-order valence-electron chi connectivity index (χ2n) is 5.85. The van der Waals surface area contributed by atoms with Crippen LogP contribution in [0.25, 0.3) is 0 Å². The van der Waals surface area contributed by atoms with Crippen LogP contribution in [0, 0.1) is 12.7 Å². The third-order valence-corrected chi connectivity index (χ3v) is 5.22. The Balaban J connectivity index is 1.71. The molecule has 0 aliphatic carbocycles. The first-order valence-corrected chi connectivity index (χ1v) is 8.70. The van der Waals surface area contributed by atoms with Gasteiger partial charge in [-0.25, -0.2) is 9.40 Å². The Kier molecular flexibility index (Phi) is 3.97. The molecular weight excluding hydrogens is 339 g/mol. The minimum Gasteiger partial charge on any atom is -0.459 e. The third-order valence-electron chi connectivity index (χ3n) is 4.12. The van der Waals surface area contributed by atoms with E-state index in [-0.39, 0.29) is 23.5 Å². The normalized spacial score (nSPS) is 17.0. The van der Waals surface area contributed by atoms with Gasteiger partial charge in [-0.2, -0.15) is 5.10 Å². The topological polar surface area (TPSA) is 45.8 Å². The number of halogens is 1. The van der Waals surface area contributed by atoms with Gasteiger partial charge in [-0.15, -0.1) is 11.3 Å². The average Bonchev–Trinajstić information content (AvgIpc) is 3.35. The van der Waals surface area contributed by atoms with E-state index < -0.39 is 0 Å². The van der Waals surface area contributed by atoms with E-state index >= 15 is 0 Å². The number of amides is 1. The zero-order chi connectivity index (χ0) is 17.4. The summed E-state index contributed by atoms with van der Waals surface area (Å²) < 4.78 is 18.4. The summed E-state index contributed by atoms with van der Waals surface area (Å²) >= 11 is 1.65. The summed E-state index contributed by atoms with van der Waals surface area (Å²) in [5.74, 6) is -0.322. The summed E-state index contributed by atoms with van der Waals surface area (Å²) in [5, 5.41) is 6.01. The number of nitrogens with zero attached hydrogens (tertiary/aromatic N) is 2. The van der Waals surface area contributed by atoms with Gasteiger partial charge in [0, 0.05) is 16.2 Å². The molecule has 0 saturated carbocycles. The lowest BCUT2D eigenvalue weighted by Crippen LogP contribution is -2.26. The molecule has 0 saturated heterocycles. The maximum Gasteiger partial charge on any atom is 0.310 e. The highest BCUT2D eigenvalue weighted by Gasteiger charge is 2.35. The molecule has 4 nitrogen and oxygen atoms in total. The maximum absolute atomic E-state index is 13.2. The van der Waals surface area contributed by atoms with Crippen molar-refractivity contribution in [2.75, 3.05) is 0 Å². The highest BCUT2D eigenvalue weighted by atomic mass is 32.1. The van der Waals surface area contributed by atoms with E-state index in [1.165, 1.54) is 28.3 Å². The molecule has 25 heavy (non-hydrogen) atoms. The van der Waals surface area contributed by atoms with Crippen LogP contribution in [-0.4, -0.2) is 16.6 Å². The number of rotatable bonds is 3. The van der Waals surface area contributed by atoms with Crippen LogP contribution >= 0.6 is 11.3 Å². The van der Waals surface area contributed by atoms with Crippen LogP contribution in [0.3, 0.4) is 0 Å². The molecule has 1 amide bonds. The van der Waals surface area contributed by atoms with Crippen LogP contribution < -0.4 is 0 Å². The Morgan fingerprint density at radius 3 is 2.68 bits per heavy atom. The van der Waals surface area contributed by atoms with Gasteiger partial charge in [0.1, 0.15) is 5.82 Å². The van der Waals surface area contributed by atoms with Crippen molar-refractivity contribution in [1.82, 2.24) is 5.01 Å². The van der Waals surface area contributed by atoms with Crippen molar-refractivity contribution in [2.45, 2.75) is 19.4 Å². The summed E-state index contributed by atoms with van der Waals surface area (Å²) in [6.45, 7) is 2.03. The Morgan fingerprint density at radius 1 is 1.24 bits per heavy atom. The lowest BCUT2D eigenvalue weighted by Gasteiger charge is -2.19. The predicted molar refractivity (Wildman–Crippen MR) is 94.2 cm³/mol. The number of carbonyl (C=O) groups excluding carboxylic acids is 1. The molecule has 1 aliphatic rings. The van der Waals surface area contributed by atoms with Gasteiger partial charge >= 0.3 is 5.91 Å². The quantitative estimate of drug-likeness (QED) is 0.679. The van der Waals surface area contributed by atoms with E-state index in [4.69, 9.17) is 4.42 Å². The molecule has 0 radical (unpaired) electrons. The van der Waals surface area contributed by atoms with E-state index in [1.54, 1.807) is 35.6 Å². The van der Waals surface area contributed by atoms with E-state index in [9.17, 15) is 9.18 Å². The molecule has 0 fully saturated rings. The molecular formula is C19H15FN2O2S. The van der Waals surface area contributed by atoms with Gasteiger partial charge in [-0.05, 0) is 48.9 Å². The number of carbonyl (C=O) groups is 1. The maximum atomic E-state index is 13.2. The zero-order valence-electron chi connectivity index (χ0n) is 13.5. The fourth-order valence-electron chi connectivity index (χ4n) is 2.88. The van der Waals surface area contributed by atoms with E-state index in [0.29, 0.717) is 6.42 Å². The minimum absolute atomic E-state index is 0.184. The standard InChI is InChI=1S/C19H15FN2O2S/c1-12-4-9-18(25-12)16-11-15(13-5-7-14(20)8-6-13)21-22(16)19(23)17-3-2-10-24-17/h2-10,16H,11H2,1H3/t16-/m1/s1. The first kappa shape index (κ1) is 15.8. The first-order chi connectivity index (χ1) is 12.1. The largest absolute Gasteiger partial charge is 0.459 e. The summed E-state index contributed by atoms with van der Waals surface area (Å²) in [7, 11) is 0. The van der Waals surface area contributed by atoms with Crippen LogP contribution in [-0.2, 0) is 0 Å². The van der Waals surface area contributed by atoms with Gasteiger partial charge < -0.3 is 4.42 Å². The second kappa shape index (κ2) is 6.29. The molecule has 1 aromatic carbocycles. The SMILES string of the molecule is Cc1ccc([C@H]2CC(c3ccc(F)cc3)=NN2C(=O)c2ccco2)s1. The first-order valence-electron chi connectivity index (χ1n) is 7.88. The molecule has 0 N–H and O–H groups in total. The lowest BCUT2D eigenvalue weighted by molar-refractivity contribution is 0.0681. The highest BCUT2D eigenvalue weighted by molar-refractivity contribution is 7.12. The fraction of sp³-hybridized carbons (Fsp3) is 0.158. The number of furan rings is 1. The van der Waals surface area contributed by atoms with E-state index in [1.807, 2.05) is 19.1 Å². The van der Waals surface area contributed by atoms with Gasteiger partial charge in [-0.3, -0.25) is 4.79 Å². The Bertz CT molecular complexity index is 929. The van der Waals surface area contributed by atoms with Crippen LogP contribution in [0.5, 0.6) is 0 Å². The summed E-state index contributed by atoms with van der Waals surface area (Å²) in [6, 6.07) is 13.4. The Labute approximate surface area is 148 Å². The van der Waals surface area contributed by atoms with Crippen LogP contribution in [0.1, 0.15) is 38.3 Å². The van der Waals surface area contributed by atoms with Crippen LogP contribution in [0.15, 0.2) is 64.3 Å². The summed E-state index contributed by atoms with van der Waals surface area (Å²) in [5.41, 5.74) is 1.57. The van der Waals surface area contributed by atoms with Gasteiger partial charge in [0.05, 0.1) is 18.0 Å². The van der Waals surface area contributed by atoms with Gasteiger partial charge in [0.25, 0.3) is 0 Å². The number of thiophene rings is 1. The van der Waals surface area contributed by atoms with Crippen molar-refractivity contribution in [1.29, 1.82) is 0 Å². The molecule has 1 aliphatic heterocycles. The lowest BCUT2D eigenvalue weighted by atomic mass is 10.0. The van der Waals surface area contributed by atoms with Crippen molar-refractivity contribution in [3.8, 4) is 0 Å². The monoisotopic (exact) mass is 354 g/mol. The molecule has 6 heteroatoms. The Hall–Kier alpha value is -2.73. The summed E-state index contributed by atoms with van der Waals surface area (Å²) in [6.07, 6.45) is 2.05.